The molecule has 6 rings (SSSR count). The number of ether oxygens (including phenoxy) is 3. The summed E-state index contributed by atoms with van der Waals surface area (Å²) in [6, 6.07) is 17.9. The van der Waals surface area contributed by atoms with Crippen LogP contribution < -0.4 is 25.2 Å². The molecule has 0 spiro atoms. The van der Waals surface area contributed by atoms with Gasteiger partial charge in [0.1, 0.15) is 30.0 Å². The van der Waals surface area contributed by atoms with E-state index in [-0.39, 0.29) is 55.3 Å². The highest BCUT2D eigenvalue weighted by Gasteiger charge is 2.50. The summed E-state index contributed by atoms with van der Waals surface area (Å²) in [5.74, 6) is -0.830. The molecule has 4 aromatic rings. The maximum atomic E-state index is 13.9. The summed E-state index contributed by atoms with van der Waals surface area (Å²) < 4.78 is 17.3. The molecule has 17 nitrogen and oxygen atoms in total. The summed E-state index contributed by atoms with van der Waals surface area (Å²) in [6.45, 7) is 14.5. The number of β-amino-alcohol motifs (C(OH)–C–C–N with tert-alkyl or cyclic N) is 1. The number of rotatable bonds is 22. The monoisotopic (exact) mass is 985 g/mol. The Bertz CT molecular complexity index is 2470. The number of aromatic nitrogens is 1. The Kier molecular flexibility index (Phi) is 17.6. The van der Waals surface area contributed by atoms with Crippen molar-refractivity contribution in [1.29, 1.82) is 0 Å². The third-order valence-electron chi connectivity index (χ3n) is 12.1. The molecule has 0 unspecified atom stereocenters. The number of aryl methyl sites for hydroxylation is 2. The van der Waals surface area contributed by atoms with Gasteiger partial charge in [0.15, 0.2) is 5.11 Å². The smallest absolute Gasteiger partial charge is 0.272 e. The van der Waals surface area contributed by atoms with Crippen molar-refractivity contribution in [3.8, 4) is 16.2 Å². The number of nitro groups is 1. The van der Waals surface area contributed by atoms with Gasteiger partial charge in [-0.3, -0.25) is 34.2 Å². The summed E-state index contributed by atoms with van der Waals surface area (Å²) in [7, 11) is 0. The summed E-state index contributed by atoms with van der Waals surface area (Å²) in [5.41, 5.74) is 4.61. The number of aliphatic hydroxyl groups excluding tert-OH is 1. The van der Waals surface area contributed by atoms with E-state index in [1.807, 2.05) is 81.7 Å². The van der Waals surface area contributed by atoms with Crippen molar-refractivity contribution in [3.05, 3.63) is 99.2 Å². The average molecular weight is 986 g/mol. The van der Waals surface area contributed by atoms with Gasteiger partial charge in [-0.05, 0) is 119 Å². The number of carbonyl (C=O) groups is 4. The zero-order chi connectivity index (χ0) is 50.0. The topological polar surface area (TPSA) is 206 Å². The maximum absolute atomic E-state index is 13.9. The van der Waals surface area contributed by atoms with Crippen LogP contribution >= 0.6 is 23.6 Å². The fourth-order valence-corrected chi connectivity index (χ4v) is 9.65. The number of nitrogens with zero attached hydrogens (tertiary/aromatic N) is 5. The predicted octanol–water partition coefficient (Wildman–Crippen LogP) is 7.03. The van der Waals surface area contributed by atoms with Crippen LogP contribution in [0.25, 0.3) is 10.4 Å². The van der Waals surface area contributed by atoms with Crippen molar-refractivity contribution in [1.82, 2.24) is 20.5 Å². The quantitative estimate of drug-likeness (QED) is 0.0313. The Hall–Kier alpha value is -5.86. The van der Waals surface area contributed by atoms with E-state index in [0.717, 1.165) is 41.0 Å². The fourth-order valence-electron chi connectivity index (χ4n) is 8.32. The summed E-state index contributed by atoms with van der Waals surface area (Å²) in [6.07, 6.45) is 2.35. The number of hydrogen-bond donors (Lipinski definition) is 3. The van der Waals surface area contributed by atoms with E-state index in [1.54, 1.807) is 43.1 Å². The van der Waals surface area contributed by atoms with Crippen molar-refractivity contribution in [3.63, 3.8) is 0 Å². The van der Waals surface area contributed by atoms with Crippen molar-refractivity contribution < 1.29 is 43.4 Å². The zero-order valence-electron chi connectivity index (χ0n) is 40.3. The second-order valence-corrected chi connectivity index (χ2v) is 20.1. The Morgan fingerprint density at radius 2 is 1.62 bits per heavy atom. The first kappa shape index (κ1) is 52.5. The van der Waals surface area contributed by atoms with Crippen LogP contribution in [-0.2, 0) is 35.2 Å². The number of anilines is 2. The molecule has 69 heavy (non-hydrogen) atoms. The van der Waals surface area contributed by atoms with Crippen LogP contribution in [0.1, 0.15) is 83.5 Å². The van der Waals surface area contributed by atoms with E-state index in [4.69, 9.17) is 26.4 Å². The van der Waals surface area contributed by atoms with Gasteiger partial charge in [0.25, 0.3) is 11.6 Å². The number of nitrogens with one attached hydrogen (secondary N) is 2. The highest BCUT2D eigenvalue weighted by Crippen LogP contribution is 2.38. The molecule has 370 valence electrons. The van der Waals surface area contributed by atoms with Crippen molar-refractivity contribution in [2.45, 2.75) is 111 Å². The number of benzene rings is 3. The fraction of sp³-hybridized carbons (Fsp3) is 0.480. The van der Waals surface area contributed by atoms with E-state index in [0.29, 0.717) is 48.9 Å². The van der Waals surface area contributed by atoms with Crippen LogP contribution in [0.4, 0.5) is 17.1 Å². The van der Waals surface area contributed by atoms with Gasteiger partial charge in [0, 0.05) is 56.6 Å². The van der Waals surface area contributed by atoms with Gasteiger partial charge in [-0.15, -0.1) is 11.3 Å². The standard InChI is InChI=1S/C50H63N7O10S2/c1-32-26-37(18-21-40(32)57(63)64)55-47(62)50(6,7)56(48(55)68)36-16-19-39(20-17-36)67-25-10-8-9-22-65-23-11-24-66-30-42(59)53-44(49(3,4)5)46(61)54-29-38(58)27-41(54)45(60)51-28-34-12-14-35(15-13-34)43-33(2)52-31-69-43/h12-21,26,31,38,41,44,58H,8-11,22-25,27-30H2,1-7H3,(H,51,60)(H,53,59)/t38-,41+,44-/m1/s1. The summed E-state index contributed by atoms with van der Waals surface area (Å²) in [4.78, 5) is 74.8. The summed E-state index contributed by atoms with van der Waals surface area (Å²) >= 11 is 7.33. The molecule has 0 saturated carbocycles. The lowest BCUT2D eigenvalue weighted by Crippen LogP contribution is -2.58. The van der Waals surface area contributed by atoms with Crippen LogP contribution in [0.3, 0.4) is 0 Å². The van der Waals surface area contributed by atoms with Gasteiger partial charge in [0.05, 0.1) is 39.4 Å². The molecule has 3 heterocycles. The first-order chi connectivity index (χ1) is 32.8. The number of likely N-dealkylation sites (tertiary alicyclic amines) is 1. The highest BCUT2D eigenvalue weighted by molar-refractivity contribution is 7.81. The van der Waals surface area contributed by atoms with Gasteiger partial charge in [-0.25, -0.2) is 4.98 Å². The molecule has 19 heteroatoms. The molecule has 2 fully saturated rings. The number of carbonyl (C=O) groups excluding carboxylic acids is 4. The number of aliphatic hydroxyl groups is 1. The van der Waals surface area contributed by atoms with Crippen LogP contribution in [0.15, 0.2) is 72.2 Å². The second-order valence-electron chi connectivity index (χ2n) is 18.9. The van der Waals surface area contributed by atoms with Crippen molar-refractivity contribution >= 4 is 69.4 Å². The Morgan fingerprint density at radius 1 is 0.957 bits per heavy atom. The van der Waals surface area contributed by atoms with E-state index in [9.17, 15) is 34.4 Å². The largest absolute Gasteiger partial charge is 0.494 e. The minimum absolute atomic E-state index is 0.0155. The Labute approximate surface area is 412 Å². The maximum Gasteiger partial charge on any atom is 0.272 e. The number of hydrogen-bond acceptors (Lipinski definition) is 13. The van der Waals surface area contributed by atoms with Crippen molar-refractivity contribution in [2.24, 2.45) is 5.41 Å². The number of thiazole rings is 1. The molecular weight excluding hydrogens is 923 g/mol. The number of unbranched alkanes of at least 4 members (excludes halogenated alkanes) is 2. The molecule has 0 radical (unpaired) electrons. The molecule has 2 aliphatic rings. The van der Waals surface area contributed by atoms with Gasteiger partial charge in [-0.1, -0.05) is 45.0 Å². The number of nitro benzene ring substituents is 1. The third kappa shape index (κ3) is 13.1. The Balaban J connectivity index is 0.842. The van der Waals surface area contributed by atoms with E-state index < -0.39 is 45.9 Å². The lowest BCUT2D eigenvalue weighted by Gasteiger charge is -2.35. The van der Waals surface area contributed by atoms with E-state index in [2.05, 4.69) is 15.6 Å². The zero-order valence-corrected chi connectivity index (χ0v) is 42.0. The molecule has 3 aromatic carbocycles. The SMILES string of the molecule is Cc1cc(N2C(=O)C(C)(C)N(c3ccc(OCCCCCOCCCOCC(=O)N[C@H](C(=O)N4C[C@H](O)C[C@H]4C(=O)NCc4ccc(-c5scnc5C)cc4)C(C)(C)C)cc3)C2=S)ccc1[N+](=O)[O-]. The lowest BCUT2D eigenvalue weighted by molar-refractivity contribution is -0.385. The molecule has 3 N–H and O–H groups in total. The van der Waals surface area contributed by atoms with Crippen LogP contribution in [-0.4, -0.2) is 112 Å². The van der Waals surface area contributed by atoms with Crippen LogP contribution in [0.2, 0.25) is 0 Å². The molecule has 0 bridgehead atoms. The third-order valence-corrected chi connectivity index (χ3v) is 13.5. The molecule has 3 atom stereocenters. The second kappa shape index (κ2) is 23.2. The van der Waals surface area contributed by atoms with Crippen molar-refractivity contribution in [2.75, 3.05) is 49.4 Å². The molecular formula is C50H63N7O10S2. The average Bonchev–Trinajstić information content (AvgIpc) is 3.97. The van der Waals surface area contributed by atoms with Gasteiger partial charge < -0.3 is 39.8 Å². The van der Waals surface area contributed by atoms with Crippen LogP contribution in [0, 0.1) is 29.4 Å². The predicted molar refractivity (Wildman–Crippen MR) is 268 cm³/mol. The Morgan fingerprint density at radius 3 is 2.28 bits per heavy atom. The van der Waals surface area contributed by atoms with E-state index >= 15 is 0 Å². The molecule has 0 aliphatic carbocycles. The van der Waals surface area contributed by atoms with Gasteiger partial charge in [-0.2, -0.15) is 0 Å². The van der Waals surface area contributed by atoms with Gasteiger partial charge in [0.2, 0.25) is 17.7 Å². The molecule has 2 saturated heterocycles. The minimum atomic E-state index is -0.993. The molecule has 2 aliphatic heterocycles. The van der Waals surface area contributed by atoms with E-state index in [1.165, 1.54) is 21.9 Å². The first-order valence-corrected chi connectivity index (χ1v) is 24.4. The number of thiocarbonyl (C=S) groups is 1. The lowest BCUT2D eigenvalue weighted by atomic mass is 9.85. The van der Waals surface area contributed by atoms with Gasteiger partial charge >= 0.3 is 0 Å². The molecule has 1 aromatic heterocycles. The molecule has 4 amide bonds. The highest BCUT2D eigenvalue weighted by atomic mass is 32.1. The normalized spacial score (nSPS) is 17.3. The van der Waals surface area contributed by atoms with Crippen LogP contribution in [0.5, 0.6) is 5.75 Å². The number of amides is 4. The first-order valence-electron chi connectivity index (χ1n) is 23.1. The minimum Gasteiger partial charge on any atom is -0.494 e. The summed E-state index contributed by atoms with van der Waals surface area (Å²) in [5, 5.41) is 27.9.